The number of benzene rings is 1. The number of carbonyl (C=O) groups is 1. The van der Waals surface area contributed by atoms with Crippen LogP contribution in [0.1, 0.15) is 35.6 Å². The Kier molecular flexibility index (Phi) is 5.84. The maximum Gasteiger partial charge on any atom is 0.226 e. The van der Waals surface area contributed by atoms with Crippen LogP contribution in [0.3, 0.4) is 0 Å². The largest absolute Gasteiger partial charge is 0.349 e. The lowest BCUT2D eigenvalue weighted by molar-refractivity contribution is -0.121. The lowest BCUT2D eigenvalue weighted by atomic mass is 10.1. The molecule has 2 aromatic heterocycles. The third-order valence-electron chi connectivity index (χ3n) is 4.34. The first-order valence-electron chi connectivity index (χ1n) is 8.51. The molecule has 0 aliphatic heterocycles. The normalized spacial score (nSPS) is 12.2. The van der Waals surface area contributed by atoms with E-state index in [1.54, 1.807) is 23.1 Å². The molecule has 3 aromatic rings. The molecule has 0 fully saturated rings. The van der Waals surface area contributed by atoms with Crippen molar-refractivity contribution in [1.82, 2.24) is 14.9 Å². The van der Waals surface area contributed by atoms with Crippen LogP contribution in [-0.2, 0) is 11.2 Å². The van der Waals surface area contributed by atoms with Gasteiger partial charge < -0.3 is 5.32 Å². The summed E-state index contributed by atoms with van der Waals surface area (Å²) in [5.41, 5.74) is 4.21. The summed E-state index contributed by atoms with van der Waals surface area (Å²) in [6.45, 7) is 6.13. The van der Waals surface area contributed by atoms with Crippen molar-refractivity contribution in [2.45, 2.75) is 38.1 Å². The van der Waals surface area contributed by atoms with Crippen LogP contribution in [0.5, 0.6) is 0 Å². The second-order valence-electron chi connectivity index (χ2n) is 6.31. The van der Waals surface area contributed by atoms with Gasteiger partial charge in [0.25, 0.3) is 0 Å². The minimum atomic E-state index is -0.0227. The Morgan fingerprint density at radius 3 is 2.46 bits per heavy atom. The molecule has 0 aliphatic carbocycles. The molecule has 6 heteroatoms. The first kappa shape index (κ1) is 18.7. The fraction of sp³-hybridized carbons (Fsp3) is 0.300. The monoisotopic (exact) mass is 385 g/mol. The Morgan fingerprint density at radius 2 is 1.85 bits per heavy atom. The SMILES string of the molecule is CSc1ccc([C@@H](C)NC(=O)Cc2csc(-n3c(C)ccc3C)n2)cc1. The van der Waals surface area contributed by atoms with Gasteiger partial charge in [-0.2, -0.15) is 0 Å². The summed E-state index contributed by atoms with van der Waals surface area (Å²) in [7, 11) is 0. The van der Waals surface area contributed by atoms with E-state index in [4.69, 9.17) is 0 Å². The molecular weight excluding hydrogens is 362 g/mol. The Labute approximate surface area is 162 Å². The molecule has 26 heavy (non-hydrogen) atoms. The molecule has 1 aromatic carbocycles. The van der Waals surface area contributed by atoms with Crippen molar-refractivity contribution in [2.24, 2.45) is 0 Å². The second-order valence-corrected chi connectivity index (χ2v) is 8.03. The molecule has 4 nitrogen and oxygen atoms in total. The zero-order valence-corrected chi connectivity index (χ0v) is 17.1. The Morgan fingerprint density at radius 1 is 1.19 bits per heavy atom. The van der Waals surface area contributed by atoms with Crippen LogP contribution in [0.25, 0.3) is 5.13 Å². The molecule has 0 saturated carbocycles. The molecule has 0 radical (unpaired) electrons. The maximum absolute atomic E-state index is 12.4. The Balaban J connectivity index is 1.63. The molecule has 0 saturated heterocycles. The van der Waals surface area contributed by atoms with Crippen LogP contribution in [0.4, 0.5) is 0 Å². The third kappa shape index (κ3) is 4.19. The number of thiazole rings is 1. The average molecular weight is 386 g/mol. The Hall–Kier alpha value is -2.05. The predicted octanol–water partition coefficient (Wildman–Crippen LogP) is 4.69. The van der Waals surface area contributed by atoms with Crippen molar-refractivity contribution < 1.29 is 4.79 Å². The summed E-state index contributed by atoms with van der Waals surface area (Å²) in [6, 6.07) is 12.4. The summed E-state index contributed by atoms with van der Waals surface area (Å²) in [4.78, 5) is 18.2. The van der Waals surface area contributed by atoms with Crippen LogP contribution in [-0.4, -0.2) is 21.7 Å². The van der Waals surface area contributed by atoms with Crippen molar-refractivity contribution in [3.8, 4) is 5.13 Å². The highest BCUT2D eigenvalue weighted by molar-refractivity contribution is 7.98. The van der Waals surface area contributed by atoms with E-state index in [1.807, 2.05) is 12.3 Å². The van der Waals surface area contributed by atoms with Gasteiger partial charge in [0.2, 0.25) is 5.91 Å². The number of hydrogen-bond donors (Lipinski definition) is 1. The van der Waals surface area contributed by atoms with Crippen LogP contribution >= 0.6 is 23.1 Å². The van der Waals surface area contributed by atoms with E-state index in [1.165, 1.54) is 4.90 Å². The van der Waals surface area contributed by atoms with Crippen LogP contribution in [0.15, 0.2) is 46.7 Å². The number of amides is 1. The van der Waals surface area contributed by atoms with Crippen LogP contribution in [0, 0.1) is 13.8 Å². The molecule has 0 aliphatic rings. The van der Waals surface area contributed by atoms with Gasteiger partial charge in [-0.25, -0.2) is 4.98 Å². The zero-order chi connectivity index (χ0) is 18.7. The lowest BCUT2D eigenvalue weighted by Crippen LogP contribution is -2.28. The summed E-state index contributed by atoms with van der Waals surface area (Å²) < 4.78 is 2.11. The van der Waals surface area contributed by atoms with Crippen molar-refractivity contribution >= 4 is 29.0 Å². The quantitative estimate of drug-likeness (QED) is 0.626. The molecule has 1 N–H and O–H groups in total. The second kappa shape index (κ2) is 8.10. The van der Waals surface area contributed by atoms with E-state index >= 15 is 0 Å². The van der Waals surface area contributed by atoms with E-state index in [9.17, 15) is 4.79 Å². The van der Waals surface area contributed by atoms with E-state index in [0.717, 1.165) is 27.8 Å². The van der Waals surface area contributed by atoms with Gasteiger partial charge in [-0.05, 0) is 56.9 Å². The minimum Gasteiger partial charge on any atom is -0.349 e. The van der Waals surface area contributed by atoms with Gasteiger partial charge in [-0.15, -0.1) is 23.1 Å². The highest BCUT2D eigenvalue weighted by Gasteiger charge is 2.14. The van der Waals surface area contributed by atoms with Gasteiger partial charge in [0.1, 0.15) is 0 Å². The molecule has 1 amide bonds. The third-order valence-corrected chi connectivity index (χ3v) is 5.96. The molecule has 1 atom stereocenters. The summed E-state index contributed by atoms with van der Waals surface area (Å²) >= 11 is 3.28. The number of aromatic nitrogens is 2. The van der Waals surface area contributed by atoms with Gasteiger partial charge in [0.15, 0.2) is 5.13 Å². The smallest absolute Gasteiger partial charge is 0.226 e. The molecule has 3 rings (SSSR count). The van der Waals surface area contributed by atoms with E-state index < -0.39 is 0 Å². The minimum absolute atomic E-state index is 0.00996. The fourth-order valence-corrected chi connectivity index (χ4v) is 4.23. The molecular formula is C20H23N3OS2. The van der Waals surface area contributed by atoms with Crippen molar-refractivity contribution in [3.63, 3.8) is 0 Å². The molecule has 0 spiro atoms. The van der Waals surface area contributed by atoms with Gasteiger partial charge in [0, 0.05) is 21.7 Å². The molecule has 136 valence electrons. The highest BCUT2D eigenvalue weighted by atomic mass is 32.2. The Bertz CT molecular complexity index is 877. The van der Waals surface area contributed by atoms with E-state index in [0.29, 0.717) is 6.42 Å². The fourth-order valence-electron chi connectivity index (χ4n) is 2.88. The van der Waals surface area contributed by atoms with E-state index in [-0.39, 0.29) is 11.9 Å². The maximum atomic E-state index is 12.4. The van der Waals surface area contributed by atoms with Crippen molar-refractivity contribution in [3.05, 3.63) is 64.4 Å². The van der Waals surface area contributed by atoms with Gasteiger partial charge in [-0.3, -0.25) is 9.36 Å². The average Bonchev–Trinajstić information content (AvgIpc) is 3.20. The first-order chi connectivity index (χ1) is 12.5. The first-order valence-corrected chi connectivity index (χ1v) is 10.6. The van der Waals surface area contributed by atoms with Gasteiger partial charge in [-0.1, -0.05) is 12.1 Å². The number of rotatable bonds is 6. The standard InChI is InChI=1S/C20H23N3OS2/c1-13-5-6-14(2)23(13)20-22-17(12-26-20)11-19(24)21-15(3)16-7-9-18(25-4)10-8-16/h5-10,12,15H,11H2,1-4H3,(H,21,24)/t15-/m1/s1. The van der Waals surface area contributed by atoms with Crippen LogP contribution < -0.4 is 5.32 Å². The summed E-state index contributed by atoms with van der Waals surface area (Å²) in [6.07, 6.45) is 2.35. The molecule has 0 bridgehead atoms. The summed E-state index contributed by atoms with van der Waals surface area (Å²) in [5.74, 6) is -0.00996. The topological polar surface area (TPSA) is 46.9 Å². The predicted molar refractivity (Wildman–Crippen MR) is 109 cm³/mol. The van der Waals surface area contributed by atoms with Crippen molar-refractivity contribution in [2.75, 3.05) is 6.26 Å². The zero-order valence-electron chi connectivity index (χ0n) is 15.4. The van der Waals surface area contributed by atoms with Crippen LogP contribution in [0.2, 0.25) is 0 Å². The van der Waals surface area contributed by atoms with E-state index in [2.05, 4.69) is 71.4 Å². The summed E-state index contributed by atoms with van der Waals surface area (Å²) in [5, 5.41) is 5.94. The van der Waals surface area contributed by atoms with Gasteiger partial charge >= 0.3 is 0 Å². The lowest BCUT2D eigenvalue weighted by Gasteiger charge is -2.14. The molecule has 2 heterocycles. The number of aryl methyl sites for hydroxylation is 2. The number of hydrogen-bond acceptors (Lipinski definition) is 4. The number of nitrogens with one attached hydrogen (secondary N) is 1. The van der Waals surface area contributed by atoms with Crippen molar-refractivity contribution in [1.29, 1.82) is 0 Å². The molecule has 0 unspecified atom stereocenters. The number of thioether (sulfide) groups is 1. The highest BCUT2D eigenvalue weighted by Crippen LogP contribution is 2.21. The number of nitrogens with zero attached hydrogens (tertiary/aromatic N) is 2. The number of carbonyl (C=O) groups excluding carboxylic acids is 1. The van der Waals surface area contributed by atoms with Gasteiger partial charge in [0.05, 0.1) is 18.2 Å².